The van der Waals surface area contributed by atoms with Crippen molar-refractivity contribution in [3.63, 3.8) is 0 Å². The number of ether oxygens (including phenoxy) is 4. The fourth-order valence-electron chi connectivity index (χ4n) is 3.31. The summed E-state index contributed by atoms with van der Waals surface area (Å²) in [6, 6.07) is 6.62. The van der Waals surface area contributed by atoms with Gasteiger partial charge in [-0.2, -0.15) is 0 Å². The Labute approximate surface area is 179 Å². The summed E-state index contributed by atoms with van der Waals surface area (Å²) in [7, 11) is 4.20. The van der Waals surface area contributed by atoms with Crippen LogP contribution >= 0.6 is 0 Å². The third-order valence-electron chi connectivity index (χ3n) is 4.97. The van der Waals surface area contributed by atoms with Crippen LogP contribution in [0.4, 0.5) is 10.1 Å². The normalized spacial score (nSPS) is 15.3. The number of amides is 2. The van der Waals surface area contributed by atoms with Crippen molar-refractivity contribution in [1.29, 1.82) is 0 Å². The Morgan fingerprint density at radius 1 is 1.06 bits per heavy atom. The number of hydrogen-bond donors (Lipinski definition) is 2. The highest BCUT2D eigenvalue weighted by Crippen LogP contribution is 2.37. The Bertz CT molecular complexity index is 959. The summed E-state index contributed by atoms with van der Waals surface area (Å²) in [5.74, 6) is -0.525. The number of benzene rings is 2. The van der Waals surface area contributed by atoms with Crippen LogP contribution in [0.15, 0.2) is 30.3 Å². The van der Waals surface area contributed by atoms with Crippen molar-refractivity contribution in [2.75, 3.05) is 46.4 Å². The summed E-state index contributed by atoms with van der Waals surface area (Å²) in [5.41, 5.74) is 0.645. The second-order valence-corrected chi connectivity index (χ2v) is 7.00. The smallest absolute Gasteiger partial charge is 0.259 e. The predicted molar refractivity (Wildman–Crippen MR) is 112 cm³/mol. The van der Waals surface area contributed by atoms with E-state index in [9.17, 15) is 14.0 Å². The van der Waals surface area contributed by atoms with E-state index < -0.39 is 11.7 Å². The topological polar surface area (TPSA) is 95.1 Å². The molecule has 1 saturated heterocycles. The van der Waals surface area contributed by atoms with E-state index in [1.165, 1.54) is 39.5 Å². The summed E-state index contributed by atoms with van der Waals surface area (Å²) in [5, 5.41) is 5.57. The van der Waals surface area contributed by atoms with Gasteiger partial charge in [0.2, 0.25) is 0 Å². The molecule has 1 atom stereocenters. The molecule has 0 bridgehead atoms. The summed E-state index contributed by atoms with van der Waals surface area (Å²) in [4.78, 5) is 25.5. The molecule has 8 nitrogen and oxygen atoms in total. The number of hydrogen-bond acceptors (Lipinski definition) is 6. The van der Waals surface area contributed by atoms with Gasteiger partial charge in [0.05, 0.1) is 39.2 Å². The zero-order chi connectivity index (χ0) is 22.4. The maximum Gasteiger partial charge on any atom is 0.259 e. The quantitative estimate of drug-likeness (QED) is 0.666. The molecule has 1 aliphatic heterocycles. The average Bonchev–Trinajstić information content (AvgIpc) is 3.30. The highest BCUT2D eigenvalue weighted by atomic mass is 19.1. The van der Waals surface area contributed by atoms with Crippen LogP contribution in [0.2, 0.25) is 0 Å². The van der Waals surface area contributed by atoms with Gasteiger partial charge < -0.3 is 29.6 Å². The summed E-state index contributed by atoms with van der Waals surface area (Å²) < 4.78 is 34.6. The van der Waals surface area contributed by atoms with E-state index in [0.29, 0.717) is 19.8 Å². The van der Waals surface area contributed by atoms with Gasteiger partial charge in [-0.05, 0) is 30.7 Å². The Balaban J connectivity index is 1.86. The predicted octanol–water partition coefficient (Wildman–Crippen LogP) is 2.87. The number of halogens is 1. The molecule has 0 saturated carbocycles. The minimum absolute atomic E-state index is 0.0797. The molecular formula is C22H25FN2O6. The van der Waals surface area contributed by atoms with Gasteiger partial charge in [0.1, 0.15) is 11.6 Å². The second kappa shape index (κ2) is 10.1. The number of rotatable bonds is 8. The molecule has 1 aliphatic rings. The van der Waals surface area contributed by atoms with Gasteiger partial charge in [-0.25, -0.2) is 4.39 Å². The fourth-order valence-corrected chi connectivity index (χ4v) is 3.31. The van der Waals surface area contributed by atoms with E-state index >= 15 is 0 Å². The van der Waals surface area contributed by atoms with E-state index in [1.807, 2.05) is 0 Å². The van der Waals surface area contributed by atoms with Crippen LogP contribution < -0.4 is 24.8 Å². The van der Waals surface area contributed by atoms with Gasteiger partial charge >= 0.3 is 0 Å². The molecule has 31 heavy (non-hydrogen) atoms. The molecule has 1 fully saturated rings. The number of methoxy groups -OCH3 is 3. The van der Waals surface area contributed by atoms with Crippen molar-refractivity contribution in [3.8, 4) is 17.2 Å². The van der Waals surface area contributed by atoms with E-state index in [1.54, 1.807) is 0 Å². The third-order valence-corrected chi connectivity index (χ3v) is 4.97. The second-order valence-electron chi connectivity index (χ2n) is 7.00. The van der Waals surface area contributed by atoms with Crippen molar-refractivity contribution in [2.24, 2.45) is 5.92 Å². The van der Waals surface area contributed by atoms with E-state index in [0.717, 1.165) is 18.6 Å². The van der Waals surface area contributed by atoms with Gasteiger partial charge in [-0.15, -0.1) is 0 Å². The van der Waals surface area contributed by atoms with E-state index in [4.69, 9.17) is 18.9 Å². The number of anilines is 1. The van der Waals surface area contributed by atoms with Crippen molar-refractivity contribution in [2.45, 2.75) is 6.42 Å². The maximum atomic E-state index is 13.5. The fraction of sp³-hybridized carbons (Fsp3) is 0.364. The van der Waals surface area contributed by atoms with Crippen LogP contribution in [0.1, 0.15) is 27.1 Å². The highest BCUT2D eigenvalue weighted by Gasteiger charge is 2.22. The van der Waals surface area contributed by atoms with Crippen molar-refractivity contribution >= 4 is 17.5 Å². The minimum atomic E-state index is -0.558. The molecule has 0 radical (unpaired) electrons. The third kappa shape index (κ3) is 5.24. The van der Waals surface area contributed by atoms with Gasteiger partial charge in [0, 0.05) is 30.7 Å². The molecule has 0 spiro atoms. The van der Waals surface area contributed by atoms with Crippen molar-refractivity contribution < 1.29 is 32.9 Å². The molecule has 9 heteroatoms. The first-order valence-electron chi connectivity index (χ1n) is 9.73. The van der Waals surface area contributed by atoms with Crippen LogP contribution in [0.3, 0.4) is 0 Å². The number of carbonyl (C=O) groups is 2. The molecule has 1 unspecified atom stereocenters. The highest BCUT2D eigenvalue weighted by molar-refractivity contribution is 6.08. The molecular weight excluding hydrogens is 407 g/mol. The Hall–Kier alpha value is -3.33. The van der Waals surface area contributed by atoms with Crippen LogP contribution in [0.25, 0.3) is 0 Å². The molecule has 166 valence electrons. The first-order chi connectivity index (χ1) is 15.0. The number of nitrogens with one attached hydrogen (secondary N) is 2. The average molecular weight is 432 g/mol. The van der Waals surface area contributed by atoms with Gasteiger partial charge in [-0.1, -0.05) is 0 Å². The Morgan fingerprint density at radius 3 is 2.48 bits per heavy atom. The zero-order valence-corrected chi connectivity index (χ0v) is 17.6. The summed E-state index contributed by atoms with van der Waals surface area (Å²) >= 11 is 0. The van der Waals surface area contributed by atoms with Gasteiger partial charge in [0.25, 0.3) is 11.8 Å². The largest absolute Gasteiger partial charge is 0.496 e. The monoisotopic (exact) mass is 432 g/mol. The molecule has 2 N–H and O–H groups in total. The van der Waals surface area contributed by atoms with Crippen LogP contribution in [-0.4, -0.2) is 52.9 Å². The first kappa shape index (κ1) is 22.4. The molecule has 0 aliphatic carbocycles. The van der Waals surface area contributed by atoms with Crippen molar-refractivity contribution in [3.05, 3.63) is 47.3 Å². The molecule has 2 aromatic carbocycles. The van der Waals surface area contributed by atoms with Crippen LogP contribution in [0, 0.1) is 11.7 Å². The summed E-state index contributed by atoms with van der Waals surface area (Å²) in [6.45, 7) is 1.80. The Morgan fingerprint density at radius 2 is 1.84 bits per heavy atom. The van der Waals surface area contributed by atoms with E-state index in [2.05, 4.69) is 10.6 Å². The lowest BCUT2D eigenvalue weighted by atomic mass is 10.1. The molecule has 1 heterocycles. The maximum absolute atomic E-state index is 13.5. The summed E-state index contributed by atoms with van der Waals surface area (Å²) in [6.07, 6.45) is 0.896. The minimum Gasteiger partial charge on any atom is -0.496 e. The van der Waals surface area contributed by atoms with Gasteiger partial charge in [-0.3, -0.25) is 9.59 Å². The lowest BCUT2D eigenvalue weighted by Gasteiger charge is -2.17. The Kier molecular flexibility index (Phi) is 7.30. The zero-order valence-electron chi connectivity index (χ0n) is 17.6. The van der Waals surface area contributed by atoms with Crippen LogP contribution in [-0.2, 0) is 4.74 Å². The lowest BCUT2D eigenvalue weighted by molar-refractivity contribution is 0.0943. The van der Waals surface area contributed by atoms with E-state index in [-0.39, 0.29) is 45.9 Å². The molecule has 2 aromatic rings. The van der Waals surface area contributed by atoms with Crippen molar-refractivity contribution in [1.82, 2.24) is 5.32 Å². The molecule has 2 amide bonds. The molecule has 0 aromatic heterocycles. The standard InChI is InChI=1S/C22H25FN2O6/c1-28-18-10-15(23)4-5-16(18)22(27)25-17-8-14(9-19(29-2)20(17)30-3)21(26)24-11-13-6-7-31-12-13/h4-5,8-10,13H,6-7,11-12H2,1-3H3,(H,24,26)(H,25,27). The lowest BCUT2D eigenvalue weighted by Crippen LogP contribution is -2.29. The first-order valence-corrected chi connectivity index (χ1v) is 9.73. The molecule has 3 rings (SSSR count). The SMILES string of the molecule is COc1cc(F)ccc1C(=O)Nc1cc(C(=O)NCC2CCOC2)cc(OC)c1OC. The number of carbonyl (C=O) groups excluding carboxylic acids is 2. The van der Waals surface area contributed by atoms with Crippen LogP contribution in [0.5, 0.6) is 17.2 Å². The van der Waals surface area contributed by atoms with Gasteiger partial charge in [0.15, 0.2) is 11.5 Å².